The molecular weight excluding hydrogens is 338 g/mol. The van der Waals surface area contributed by atoms with Gasteiger partial charge in [0.1, 0.15) is 12.2 Å². The van der Waals surface area contributed by atoms with Crippen molar-refractivity contribution in [1.82, 2.24) is 0 Å². The van der Waals surface area contributed by atoms with Crippen molar-refractivity contribution < 1.29 is 19.1 Å². The molecule has 134 valence electrons. The van der Waals surface area contributed by atoms with Gasteiger partial charge in [-0.1, -0.05) is 13.8 Å². The van der Waals surface area contributed by atoms with Gasteiger partial charge in [-0.05, 0) is 44.0 Å². The number of hydrogen-bond acceptors (Lipinski definition) is 4. The number of thioether (sulfide) groups is 1. The summed E-state index contributed by atoms with van der Waals surface area (Å²) in [7, 11) is 0. The van der Waals surface area contributed by atoms with Gasteiger partial charge in [0, 0.05) is 21.4 Å². The number of nitrogens with one attached hydrogen (secondary N) is 1. The van der Waals surface area contributed by atoms with Crippen LogP contribution in [0.1, 0.15) is 47.5 Å². The number of hydrogen-bond donors (Lipinski definition) is 2. The van der Waals surface area contributed by atoms with E-state index in [4.69, 9.17) is 9.52 Å². The number of carbonyl (C=O) groups excluding carboxylic acids is 1. The fourth-order valence-electron chi connectivity index (χ4n) is 2.42. The van der Waals surface area contributed by atoms with Gasteiger partial charge < -0.3 is 14.8 Å². The molecule has 0 saturated heterocycles. The van der Waals surface area contributed by atoms with Gasteiger partial charge in [0.2, 0.25) is 0 Å². The number of carboxylic acids is 1. The molecule has 2 aromatic rings. The highest BCUT2D eigenvalue weighted by Crippen LogP contribution is 2.29. The fraction of sp³-hybridized carbons (Fsp3) is 0.368. The SMILES string of the molecule is CCC(C)Sc1ccc(NC(=O)c2c(C)coc2CC(=O)O)c(C)c1. The Balaban J connectivity index is 2.18. The van der Waals surface area contributed by atoms with E-state index < -0.39 is 5.97 Å². The molecule has 6 heteroatoms. The van der Waals surface area contributed by atoms with Gasteiger partial charge in [-0.3, -0.25) is 9.59 Å². The Morgan fingerprint density at radius 2 is 2.00 bits per heavy atom. The fourth-order valence-corrected chi connectivity index (χ4v) is 3.44. The van der Waals surface area contributed by atoms with E-state index in [1.54, 1.807) is 18.7 Å². The summed E-state index contributed by atoms with van der Waals surface area (Å²) in [5.74, 6) is -1.22. The lowest BCUT2D eigenvalue weighted by Gasteiger charge is -2.12. The third-order valence-corrected chi connectivity index (χ3v) is 5.21. The molecule has 0 spiro atoms. The second-order valence-corrected chi connectivity index (χ2v) is 7.57. The van der Waals surface area contributed by atoms with Gasteiger partial charge in [0.15, 0.2) is 0 Å². The van der Waals surface area contributed by atoms with Gasteiger partial charge in [-0.2, -0.15) is 0 Å². The van der Waals surface area contributed by atoms with Crippen molar-refractivity contribution in [2.45, 2.75) is 50.7 Å². The largest absolute Gasteiger partial charge is 0.481 e. The number of rotatable bonds is 7. The van der Waals surface area contributed by atoms with E-state index in [0.717, 1.165) is 16.9 Å². The van der Waals surface area contributed by atoms with E-state index in [0.29, 0.717) is 22.1 Å². The molecule has 0 aliphatic carbocycles. The average Bonchev–Trinajstić information content (AvgIpc) is 2.89. The zero-order valence-electron chi connectivity index (χ0n) is 14.9. The van der Waals surface area contributed by atoms with Crippen LogP contribution in [-0.4, -0.2) is 22.2 Å². The molecular formula is C19H23NO4S. The van der Waals surface area contributed by atoms with Gasteiger partial charge in [-0.25, -0.2) is 0 Å². The Labute approximate surface area is 151 Å². The number of amides is 1. The lowest BCUT2D eigenvalue weighted by atomic mass is 10.1. The van der Waals surface area contributed by atoms with Crippen LogP contribution in [-0.2, 0) is 11.2 Å². The minimum Gasteiger partial charge on any atom is -0.481 e. The first-order chi connectivity index (χ1) is 11.8. The number of furan rings is 1. The van der Waals surface area contributed by atoms with Crippen LogP contribution in [0, 0.1) is 13.8 Å². The Morgan fingerprint density at radius 1 is 1.28 bits per heavy atom. The topological polar surface area (TPSA) is 79.5 Å². The van der Waals surface area contributed by atoms with Crippen LogP contribution in [0.15, 0.2) is 33.8 Å². The maximum atomic E-state index is 12.6. The van der Waals surface area contributed by atoms with Gasteiger partial charge >= 0.3 is 5.97 Å². The van der Waals surface area contributed by atoms with Crippen molar-refractivity contribution in [3.8, 4) is 0 Å². The molecule has 1 unspecified atom stereocenters. The average molecular weight is 361 g/mol. The molecule has 0 bridgehead atoms. The molecule has 0 saturated carbocycles. The molecule has 1 aromatic heterocycles. The summed E-state index contributed by atoms with van der Waals surface area (Å²) < 4.78 is 5.23. The molecule has 1 aromatic carbocycles. The van der Waals surface area contributed by atoms with E-state index in [1.165, 1.54) is 6.26 Å². The Morgan fingerprint density at radius 3 is 2.60 bits per heavy atom. The normalized spacial score (nSPS) is 12.0. The van der Waals surface area contributed by atoms with Gasteiger partial charge in [0.05, 0.1) is 11.8 Å². The number of aryl methyl sites for hydroxylation is 2. The second-order valence-electron chi connectivity index (χ2n) is 6.05. The molecule has 0 radical (unpaired) electrons. The second kappa shape index (κ2) is 8.25. The van der Waals surface area contributed by atoms with Crippen molar-refractivity contribution in [3.05, 3.63) is 46.9 Å². The van der Waals surface area contributed by atoms with E-state index in [2.05, 4.69) is 19.2 Å². The molecule has 1 atom stereocenters. The lowest BCUT2D eigenvalue weighted by molar-refractivity contribution is -0.136. The predicted molar refractivity (Wildman–Crippen MR) is 99.5 cm³/mol. The summed E-state index contributed by atoms with van der Waals surface area (Å²) in [5, 5.41) is 12.3. The number of carbonyl (C=O) groups is 2. The lowest BCUT2D eigenvalue weighted by Crippen LogP contribution is -2.16. The van der Waals surface area contributed by atoms with Crippen molar-refractivity contribution in [2.75, 3.05) is 5.32 Å². The summed E-state index contributed by atoms with van der Waals surface area (Å²) in [6.07, 6.45) is 2.18. The monoisotopic (exact) mass is 361 g/mol. The molecule has 2 rings (SSSR count). The van der Waals surface area contributed by atoms with E-state index in [-0.39, 0.29) is 18.1 Å². The van der Waals surface area contributed by atoms with Crippen LogP contribution in [0.5, 0.6) is 0 Å². The Kier molecular flexibility index (Phi) is 6.31. The first kappa shape index (κ1) is 19.1. The molecule has 1 amide bonds. The number of anilines is 1. The van der Waals surface area contributed by atoms with Gasteiger partial charge in [0.25, 0.3) is 5.91 Å². The van der Waals surface area contributed by atoms with Crippen LogP contribution in [0.3, 0.4) is 0 Å². The van der Waals surface area contributed by atoms with Crippen LogP contribution in [0.25, 0.3) is 0 Å². The summed E-state index contributed by atoms with van der Waals surface area (Å²) in [6.45, 7) is 8.00. The molecule has 0 aliphatic heterocycles. The smallest absolute Gasteiger partial charge is 0.311 e. The maximum Gasteiger partial charge on any atom is 0.311 e. The molecule has 2 N–H and O–H groups in total. The van der Waals surface area contributed by atoms with Crippen molar-refractivity contribution >= 4 is 29.3 Å². The van der Waals surface area contributed by atoms with Crippen molar-refractivity contribution in [2.24, 2.45) is 0 Å². The number of aliphatic carboxylic acids is 1. The first-order valence-corrected chi connectivity index (χ1v) is 9.07. The standard InChI is InChI=1S/C19H23NO4S/c1-5-13(4)25-14-6-7-15(11(2)8-14)20-19(23)18-12(3)10-24-16(18)9-17(21)22/h6-8,10,13H,5,9H2,1-4H3,(H,20,23)(H,21,22). The summed E-state index contributed by atoms with van der Waals surface area (Å²) in [6, 6.07) is 5.91. The van der Waals surface area contributed by atoms with Crippen molar-refractivity contribution in [3.63, 3.8) is 0 Å². The van der Waals surface area contributed by atoms with Crippen LogP contribution in [0.2, 0.25) is 0 Å². The van der Waals surface area contributed by atoms with Crippen LogP contribution < -0.4 is 5.32 Å². The summed E-state index contributed by atoms with van der Waals surface area (Å²) >= 11 is 1.80. The minimum atomic E-state index is -1.04. The minimum absolute atomic E-state index is 0.170. The van der Waals surface area contributed by atoms with E-state index >= 15 is 0 Å². The number of benzene rings is 1. The van der Waals surface area contributed by atoms with Gasteiger partial charge in [-0.15, -0.1) is 11.8 Å². The molecule has 5 nitrogen and oxygen atoms in total. The highest BCUT2D eigenvalue weighted by Gasteiger charge is 2.21. The molecule has 1 heterocycles. The van der Waals surface area contributed by atoms with Crippen LogP contribution in [0.4, 0.5) is 5.69 Å². The van der Waals surface area contributed by atoms with Crippen molar-refractivity contribution in [1.29, 1.82) is 0 Å². The first-order valence-electron chi connectivity index (χ1n) is 8.19. The quantitative estimate of drug-likeness (QED) is 0.701. The molecule has 0 fully saturated rings. The van der Waals surface area contributed by atoms with E-state index in [1.807, 2.05) is 25.1 Å². The van der Waals surface area contributed by atoms with E-state index in [9.17, 15) is 9.59 Å². The Hall–Kier alpha value is -2.21. The molecule has 25 heavy (non-hydrogen) atoms. The summed E-state index contributed by atoms with van der Waals surface area (Å²) in [4.78, 5) is 24.7. The zero-order valence-corrected chi connectivity index (χ0v) is 15.7. The third-order valence-electron chi connectivity index (χ3n) is 3.95. The molecule has 0 aliphatic rings. The number of carboxylic acid groups (broad SMARTS) is 1. The third kappa shape index (κ3) is 4.89. The predicted octanol–water partition coefficient (Wildman–Crippen LogP) is 4.67. The Bertz CT molecular complexity index is 782. The summed E-state index contributed by atoms with van der Waals surface area (Å²) in [5.41, 5.74) is 2.58. The zero-order chi connectivity index (χ0) is 18.6. The maximum absolute atomic E-state index is 12.6. The highest BCUT2D eigenvalue weighted by molar-refractivity contribution is 7.99. The van der Waals surface area contributed by atoms with Crippen LogP contribution >= 0.6 is 11.8 Å². The highest BCUT2D eigenvalue weighted by atomic mass is 32.2.